The summed E-state index contributed by atoms with van der Waals surface area (Å²) in [7, 11) is 0. The first kappa shape index (κ1) is 17.4. The van der Waals surface area contributed by atoms with Crippen LogP contribution in [0.1, 0.15) is 37.0 Å². The molecule has 0 radical (unpaired) electrons. The van der Waals surface area contributed by atoms with Crippen molar-refractivity contribution in [1.82, 2.24) is 25.1 Å². The number of aryl methyl sites for hydroxylation is 1. The van der Waals surface area contributed by atoms with Gasteiger partial charge >= 0.3 is 0 Å². The molecule has 0 atom stereocenters. The maximum Gasteiger partial charge on any atom is 0.178 e. The third kappa shape index (κ3) is 3.33. The first-order valence-corrected chi connectivity index (χ1v) is 10.0. The summed E-state index contributed by atoms with van der Waals surface area (Å²) in [5.41, 5.74) is 2.12. The molecular formula is C19H26N6S. The Balaban J connectivity index is 1.36. The van der Waals surface area contributed by atoms with E-state index >= 15 is 0 Å². The van der Waals surface area contributed by atoms with E-state index in [0.29, 0.717) is 5.92 Å². The third-order valence-corrected chi connectivity index (χ3v) is 5.91. The number of hydrogen-bond acceptors (Lipinski definition) is 6. The van der Waals surface area contributed by atoms with E-state index in [-0.39, 0.29) is 5.41 Å². The smallest absolute Gasteiger partial charge is 0.178 e. The van der Waals surface area contributed by atoms with Crippen LogP contribution in [0.15, 0.2) is 23.6 Å². The van der Waals surface area contributed by atoms with Crippen LogP contribution < -0.4 is 10.2 Å². The van der Waals surface area contributed by atoms with Crippen LogP contribution in [0.2, 0.25) is 0 Å². The number of fused-ring (bicyclic) bond motifs is 1. The van der Waals surface area contributed by atoms with E-state index in [9.17, 15) is 0 Å². The molecule has 7 heteroatoms. The minimum Gasteiger partial charge on any atom is -0.354 e. The van der Waals surface area contributed by atoms with E-state index in [1.54, 1.807) is 0 Å². The molecule has 3 aromatic heterocycles. The Morgan fingerprint density at radius 1 is 1.19 bits per heavy atom. The predicted octanol–water partition coefficient (Wildman–Crippen LogP) is 3.02. The van der Waals surface area contributed by atoms with Crippen LogP contribution in [0.25, 0.3) is 5.65 Å². The number of thiophene rings is 1. The average molecular weight is 371 g/mol. The summed E-state index contributed by atoms with van der Waals surface area (Å²) in [5.74, 6) is 2.59. The summed E-state index contributed by atoms with van der Waals surface area (Å²) in [4.78, 5) is 3.77. The van der Waals surface area contributed by atoms with Gasteiger partial charge in [0, 0.05) is 42.4 Å². The molecule has 0 aliphatic carbocycles. The maximum absolute atomic E-state index is 4.79. The summed E-state index contributed by atoms with van der Waals surface area (Å²) >= 11 is 1.83. The molecule has 6 nitrogen and oxygen atoms in total. The van der Waals surface area contributed by atoms with Gasteiger partial charge in [-0.15, -0.1) is 26.6 Å². The zero-order valence-corrected chi connectivity index (χ0v) is 16.7. The van der Waals surface area contributed by atoms with Gasteiger partial charge in [-0.05, 0) is 36.1 Å². The van der Waals surface area contributed by atoms with E-state index in [4.69, 9.17) is 5.10 Å². The minimum absolute atomic E-state index is 0.0770. The molecule has 0 amide bonds. The van der Waals surface area contributed by atoms with Crippen molar-refractivity contribution < 1.29 is 0 Å². The molecule has 0 bridgehead atoms. The average Bonchev–Trinajstić information content (AvgIpc) is 3.14. The van der Waals surface area contributed by atoms with Gasteiger partial charge in [-0.25, -0.2) is 0 Å². The van der Waals surface area contributed by atoms with Gasteiger partial charge in [-0.2, -0.15) is 4.52 Å². The Morgan fingerprint density at radius 3 is 2.69 bits per heavy atom. The molecule has 4 rings (SSSR count). The van der Waals surface area contributed by atoms with Crippen LogP contribution in [-0.4, -0.2) is 39.4 Å². The monoisotopic (exact) mass is 370 g/mol. The lowest BCUT2D eigenvalue weighted by atomic mass is 9.96. The quantitative estimate of drug-likeness (QED) is 0.748. The van der Waals surface area contributed by atoms with Crippen LogP contribution >= 0.6 is 11.3 Å². The van der Waals surface area contributed by atoms with Crippen molar-refractivity contribution in [1.29, 1.82) is 0 Å². The normalized spacial score (nSPS) is 15.6. The topological polar surface area (TPSA) is 58.3 Å². The largest absolute Gasteiger partial charge is 0.354 e. The molecule has 0 spiro atoms. The molecule has 26 heavy (non-hydrogen) atoms. The number of rotatable bonds is 5. The van der Waals surface area contributed by atoms with Gasteiger partial charge in [0.2, 0.25) is 0 Å². The summed E-state index contributed by atoms with van der Waals surface area (Å²) in [5, 5.41) is 19.1. The van der Waals surface area contributed by atoms with Crippen LogP contribution in [-0.2, 0) is 12.0 Å². The zero-order chi connectivity index (χ0) is 18.3. The van der Waals surface area contributed by atoms with Crippen LogP contribution in [0.4, 0.5) is 5.82 Å². The summed E-state index contributed by atoms with van der Waals surface area (Å²) < 4.78 is 1.89. The Labute approximate surface area is 158 Å². The Hall–Kier alpha value is -1.99. The molecule has 0 saturated carbocycles. The van der Waals surface area contributed by atoms with Crippen LogP contribution in [0.3, 0.4) is 0 Å². The molecule has 4 heterocycles. The second-order valence-corrected chi connectivity index (χ2v) is 9.16. The molecular weight excluding hydrogens is 344 g/mol. The van der Waals surface area contributed by atoms with Gasteiger partial charge in [0.1, 0.15) is 5.82 Å². The highest BCUT2D eigenvalue weighted by Gasteiger charge is 2.29. The number of nitrogens with one attached hydrogen (secondary N) is 1. The minimum atomic E-state index is -0.0770. The van der Waals surface area contributed by atoms with E-state index in [0.717, 1.165) is 43.5 Å². The van der Waals surface area contributed by atoms with Crippen molar-refractivity contribution in [3.05, 3.63) is 39.8 Å². The summed E-state index contributed by atoms with van der Waals surface area (Å²) in [6, 6.07) is 6.25. The van der Waals surface area contributed by atoms with E-state index < -0.39 is 0 Å². The molecule has 0 aromatic carbocycles. The van der Waals surface area contributed by atoms with Crippen LogP contribution in [0.5, 0.6) is 0 Å². The lowest BCUT2D eigenvalue weighted by Crippen LogP contribution is -2.51. The first-order chi connectivity index (χ1) is 12.4. The molecule has 3 aromatic rings. The van der Waals surface area contributed by atoms with Gasteiger partial charge in [-0.1, -0.05) is 20.8 Å². The van der Waals surface area contributed by atoms with Crippen molar-refractivity contribution >= 4 is 22.8 Å². The van der Waals surface area contributed by atoms with Gasteiger partial charge < -0.3 is 10.2 Å². The van der Waals surface area contributed by atoms with Crippen molar-refractivity contribution in [2.24, 2.45) is 5.92 Å². The molecule has 138 valence electrons. The number of anilines is 1. The SMILES string of the molecule is Cc1ccsc1CNCC1CN(c2ccc3nnc(C(C)(C)C)n3n2)C1. The zero-order valence-electron chi connectivity index (χ0n) is 15.9. The molecule has 1 fully saturated rings. The van der Waals surface area contributed by atoms with Gasteiger partial charge in [0.25, 0.3) is 0 Å². The van der Waals surface area contributed by atoms with Gasteiger partial charge in [-0.3, -0.25) is 0 Å². The Bertz CT molecular complexity index is 900. The number of nitrogens with zero attached hydrogens (tertiary/aromatic N) is 5. The highest BCUT2D eigenvalue weighted by atomic mass is 32.1. The van der Waals surface area contributed by atoms with Gasteiger partial charge in [0.05, 0.1) is 0 Å². The summed E-state index contributed by atoms with van der Waals surface area (Å²) in [6.07, 6.45) is 0. The first-order valence-electron chi connectivity index (χ1n) is 9.13. The fraction of sp³-hybridized carbons (Fsp3) is 0.526. The highest BCUT2D eigenvalue weighted by molar-refractivity contribution is 7.10. The second kappa shape index (κ2) is 6.63. The van der Waals surface area contributed by atoms with E-state index in [1.165, 1.54) is 10.4 Å². The standard InChI is InChI=1S/C19H26N6S/c1-13-7-8-26-15(13)10-20-9-14-11-24(12-14)17-6-5-16-21-22-18(19(2,3)4)25(16)23-17/h5-8,14,20H,9-12H2,1-4H3. The molecule has 1 aliphatic heterocycles. The highest BCUT2D eigenvalue weighted by Crippen LogP contribution is 2.25. The molecule has 1 saturated heterocycles. The van der Waals surface area contributed by atoms with E-state index in [1.807, 2.05) is 21.9 Å². The van der Waals surface area contributed by atoms with Crippen molar-refractivity contribution in [2.45, 2.75) is 39.7 Å². The second-order valence-electron chi connectivity index (χ2n) is 8.16. The fourth-order valence-corrected chi connectivity index (χ4v) is 4.15. The predicted molar refractivity (Wildman–Crippen MR) is 106 cm³/mol. The maximum atomic E-state index is 4.79. The van der Waals surface area contributed by atoms with E-state index in [2.05, 4.69) is 65.6 Å². The van der Waals surface area contributed by atoms with Crippen molar-refractivity contribution in [2.75, 3.05) is 24.5 Å². The molecule has 1 aliphatic rings. The number of aromatic nitrogens is 4. The van der Waals surface area contributed by atoms with Gasteiger partial charge in [0.15, 0.2) is 11.5 Å². The lowest BCUT2D eigenvalue weighted by Gasteiger charge is -2.40. The number of hydrogen-bond donors (Lipinski definition) is 1. The lowest BCUT2D eigenvalue weighted by molar-refractivity contribution is 0.381. The van der Waals surface area contributed by atoms with Crippen molar-refractivity contribution in [3.63, 3.8) is 0 Å². The third-order valence-electron chi connectivity index (χ3n) is 4.89. The summed E-state index contributed by atoms with van der Waals surface area (Å²) in [6.45, 7) is 12.7. The van der Waals surface area contributed by atoms with Crippen molar-refractivity contribution in [3.8, 4) is 0 Å². The Kier molecular flexibility index (Phi) is 4.44. The molecule has 1 N–H and O–H groups in total. The molecule has 0 unspecified atom stereocenters. The Morgan fingerprint density at radius 2 is 2.00 bits per heavy atom. The van der Waals surface area contributed by atoms with Crippen LogP contribution in [0, 0.1) is 12.8 Å². The fourth-order valence-electron chi connectivity index (χ4n) is 3.28.